The maximum absolute atomic E-state index is 13.1. The van der Waals surface area contributed by atoms with Crippen molar-refractivity contribution >= 4 is 17.7 Å². The minimum atomic E-state index is -0.396. The maximum Gasteiger partial charge on any atom is 0.261 e. The van der Waals surface area contributed by atoms with Crippen molar-refractivity contribution < 1.29 is 24.0 Å². The van der Waals surface area contributed by atoms with Crippen LogP contribution in [0, 0.1) is 0 Å². The molecule has 2 N–H and O–H groups in total. The van der Waals surface area contributed by atoms with Gasteiger partial charge in [0, 0.05) is 12.1 Å². The maximum atomic E-state index is 13.1. The molecular formula is C24H26N3O4+. The number of ether oxygens (including phenoxy) is 1. The van der Waals surface area contributed by atoms with Gasteiger partial charge in [0.2, 0.25) is 0 Å². The fourth-order valence-corrected chi connectivity index (χ4v) is 4.06. The molecule has 7 heteroatoms. The zero-order valence-electron chi connectivity index (χ0n) is 17.3. The number of nitrogens with zero attached hydrogens (tertiary/aromatic N) is 1. The smallest absolute Gasteiger partial charge is 0.261 e. The summed E-state index contributed by atoms with van der Waals surface area (Å²) < 4.78 is 5.45. The summed E-state index contributed by atoms with van der Waals surface area (Å²) in [6.07, 6.45) is 1.51. The summed E-state index contributed by atoms with van der Waals surface area (Å²) in [6, 6.07) is 14.3. The van der Waals surface area contributed by atoms with Gasteiger partial charge in [-0.2, -0.15) is 0 Å². The average Bonchev–Trinajstić information content (AvgIpc) is 3.04. The standard InChI is InChI=1S/C24H25N3O4/c1-2-10-27-23(29)19-9-8-18(15-20(19)24(27)30)22(28)25-21(17-6-4-3-5-7-17)16-26-11-13-31-14-12-26/h2-9,15,21H,1,10-14,16H2,(H,25,28)/p+1/t21-/m0/s1. The second-order valence-corrected chi connectivity index (χ2v) is 7.77. The third-order valence-corrected chi connectivity index (χ3v) is 5.74. The predicted octanol–water partition coefficient (Wildman–Crippen LogP) is 0.855. The highest BCUT2D eigenvalue weighted by Crippen LogP contribution is 2.24. The highest BCUT2D eigenvalue weighted by molar-refractivity contribution is 6.22. The van der Waals surface area contributed by atoms with Crippen LogP contribution in [0.3, 0.4) is 0 Å². The Morgan fingerprint density at radius 1 is 1.10 bits per heavy atom. The minimum Gasteiger partial charge on any atom is -0.370 e. The van der Waals surface area contributed by atoms with Crippen molar-refractivity contribution in [3.8, 4) is 0 Å². The zero-order valence-corrected chi connectivity index (χ0v) is 17.3. The van der Waals surface area contributed by atoms with E-state index in [-0.39, 0.29) is 30.0 Å². The lowest BCUT2D eigenvalue weighted by Crippen LogP contribution is -3.14. The Morgan fingerprint density at radius 3 is 2.52 bits per heavy atom. The minimum absolute atomic E-state index is 0.145. The van der Waals surface area contributed by atoms with Crippen molar-refractivity contribution in [1.29, 1.82) is 0 Å². The molecule has 0 saturated carbocycles. The third kappa shape index (κ3) is 4.42. The Balaban J connectivity index is 1.54. The molecule has 2 aromatic carbocycles. The predicted molar refractivity (Wildman–Crippen MR) is 115 cm³/mol. The first-order valence-corrected chi connectivity index (χ1v) is 10.5. The van der Waals surface area contributed by atoms with Crippen molar-refractivity contribution in [1.82, 2.24) is 10.2 Å². The molecule has 0 radical (unpaired) electrons. The van der Waals surface area contributed by atoms with E-state index in [0.717, 1.165) is 30.1 Å². The Morgan fingerprint density at radius 2 is 1.81 bits per heavy atom. The number of benzene rings is 2. The van der Waals surface area contributed by atoms with E-state index in [1.807, 2.05) is 30.3 Å². The van der Waals surface area contributed by atoms with E-state index < -0.39 is 5.91 Å². The Kier molecular flexibility index (Phi) is 6.25. The molecule has 0 aromatic heterocycles. The number of carbonyl (C=O) groups excluding carboxylic acids is 3. The number of amides is 3. The lowest BCUT2D eigenvalue weighted by Gasteiger charge is -2.28. The zero-order chi connectivity index (χ0) is 21.8. The first-order valence-electron chi connectivity index (χ1n) is 10.5. The van der Waals surface area contributed by atoms with Crippen LogP contribution in [0.1, 0.15) is 42.7 Å². The first kappa shape index (κ1) is 21.0. The SMILES string of the molecule is C=CCN1C(=O)c2ccc(C(=O)N[C@@H](C[NH+]3CCOCC3)c3ccccc3)cc2C1=O. The average molecular weight is 420 g/mol. The summed E-state index contributed by atoms with van der Waals surface area (Å²) in [5.41, 5.74) is 1.97. The molecule has 0 bridgehead atoms. The second-order valence-electron chi connectivity index (χ2n) is 7.77. The molecule has 0 spiro atoms. The quantitative estimate of drug-likeness (QED) is 0.514. The molecule has 0 aliphatic carbocycles. The summed E-state index contributed by atoms with van der Waals surface area (Å²) in [6.45, 7) is 7.70. The van der Waals surface area contributed by atoms with E-state index >= 15 is 0 Å². The van der Waals surface area contributed by atoms with Crippen LogP contribution in [0.25, 0.3) is 0 Å². The van der Waals surface area contributed by atoms with Gasteiger partial charge in [-0.05, 0) is 23.8 Å². The van der Waals surface area contributed by atoms with E-state index in [1.54, 1.807) is 12.1 Å². The first-order chi connectivity index (χ1) is 15.1. The van der Waals surface area contributed by atoms with Gasteiger partial charge in [0.1, 0.15) is 25.7 Å². The van der Waals surface area contributed by atoms with Crippen LogP contribution < -0.4 is 10.2 Å². The summed E-state index contributed by atoms with van der Waals surface area (Å²) in [5.74, 6) is -1.02. The van der Waals surface area contributed by atoms with Gasteiger partial charge in [0.05, 0.1) is 24.3 Å². The van der Waals surface area contributed by atoms with Gasteiger partial charge in [-0.15, -0.1) is 6.58 Å². The van der Waals surface area contributed by atoms with E-state index in [9.17, 15) is 14.4 Å². The van der Waals surface area contributed by atoms with E-state index in [1.165, 1.54) is 17.0 Å². The fraction of sp³-hybridized carbons (Fsp3) is 0.292. The van der Waals surface area contributed by atoms with Crippen LogP contribution in [0.5, 0.6) is 0 Å². The van der Waals surface area contributed by atoms with Gasteiger partial charge in [0.25, 0.3) is 17.7 Å². The molecule has 1 fully saturated rings. The van der Waals surface area contributed by atoms with Crippen molar-refractivity contribution in [3.05, 3.63) is 83.4 Å². The number of fused-ring (bicyclic) bond motifs is 1. The van der Waals surface area contributed by atoms with Crippen molar-refractivity contribution in [2.24, 2.45) is 0 Å². The van der Waals surface area contributed by atoms with Gasteiger partial charge >= 0.3 is 0 Å². The van der Waals surface area contributed by atoms with Gasteiger partial charge in [-0.25, -0.2) is 0 Å². The molecule has 3 amide bonds. The Hall–Kier alpha value is -3.29. The van der Waals surface area contributed by atoms with Crippen LogP contribution >= 0.6 is 0 Å². The van der Waals surface area contributed by atoms with Crippen LogP contribution in [-0.4, -0.2) is 62.0 Å². The molecule has 2 aliphatic rings. The van der Waals surface area contributed by atoms with Crippen molar-refractivity contribution in [2.45, 2.75) is 6.04 Å². The molecule has 2 heterocycles. The third-order valence-electron chi connectivity index (χ3n) is 5.74. The Labute approximate surface area is 181 Å². The van der Waals surface area contributed by atoms with Crippen molar-refractivity contribution in [3.63, 3.8) is 0 Å². The van der Waals surface area contributed by atoms with Crippen LogP contribution in [0.2, 0.25) is 0 Å². The van der Waals surface area contributed by atoms with Crippen LogP contribution in [0.4, 0.5) is 0 Å². The highest BCUT2D eigenvalue weighted by Gasteiger charge is 2.35. The number of hydrogen-bond acceptors (Lipinski definition) is 4. The lowest BCUT2D eigenvalue weighted by atomic mass is 10.0. The normalized spacial score (nSPS) is 17.4. The van der Waals surface area contributed by atoms with Gasteiger partial charge in [-0.1, -0.05) is 36.4 Å². The van der Waals surface area contributed by atoms with Crippen LogP contribution in [0.15, 0.2) is 61.2 Å². The second kappa shape index (κ2) is 9.24. The summed E-state index contributed by atoms with van der Waals surface area (Å²) >= 11 is 0. The molecule has 31 heavy (non-hydrogen) atoms. The van der Waals surface area contributed by atoms with Gasteiger partial charge < -0.3 is 15.0 Å². The topological polar surface area (TPSA) is 80.2 Å². The van der Waals surface area contributed by atoms with Gasteiger partial charge in [-0.3, -0.25) is 19.3 Å². The van der Waals surface area contributed by atoms with E-state index in [0.29, 0.717) is 24.3 Å². The number of morpholine rings is 1. The highest BCUT2D eigenvalue weighted by atomic mass is 16.5. The van der Waals surface area contributed by atoms with Crippen molar-refractivity contribution in [2.75, 3.05) is 39.4 Å². The summed E-state index contributed by atoms with van der Waals surface area (Å²) in [4.78, 5) is 40.6. The van der Waals surface area contributed by atoms with E-state index in [2.05, 4.69) is 11.9 Å². The molecular weight excluding hydrogens is 394 g/mol. The largest absolute Gasteiger partial charge is 0.370 e. The lowest BCUT2D eigenvalue weighted by molar-refractivity contribution is -0.909. The molecule has 2 aromatic rings. The number of carbonyl (C=O) groups is 3. The molecule has 2 aliphatic heterocycles. The molecule has 1 saturated heterocycles. The number of nitrogens with one attached hydrogen (secondary N) is 2. The summed E-state index contributed by atoms with van der Waals surface area (Å²) in [7, 11) is 0. The van der Waals surface area contributed by atoms with Gasteiger partial charge in [0.15, 0.2) is 0 Å². The Bertz CT molecular complexity index is 999. The summed E-state index contributed by atoms with van der Waals surface area (Å²) in [5, 5.41) is 3.12. The number of quaternary nitrogens is 1. The molecule has 0 unspecified atom stereocenters. The van der Waals surface area contributed by atoms with E-state index in [4.69, 9.17) is 4.74 Å². The molecule has 1 atom stereocenters. The number of rotatable bonds is 7. The van der Waals surface area contributed by atoms with Crippen LogP contribution in [-0.2, 0) is 4.74 Å². The fourth-order valence-electron chi connectivity index (χ4n) is 4.06. The monoisotopic (exact) mass is 420 g/mol. The molecule has 160 valence electrons. The number of imide groups is 1. The molecule has 4 rings (SSSR count). The number of hydrogen-bond donors (Lipinski definition) is 2. The molecule has 7 nitrogen and oxygen atoms in total.